The molecule has 94 valence electrons. The minimum absolute atomic E-state index is 0.472. The molecular weight excluding hydrogens is 210 g/mol. The smallest absolute Gasteiger partial charge is 0.0547 e. The third-order valence-electron chi connectivity index (χ3n) is 3.37. The average Bonchev–Trinajstić information content (AvgIpc) is 3.13. The number of benzene rings is 1. The van der Waals surface area contributed by atoms with E-state index < -0.39 is 0 Å². The van der Waals surface area contributed by atoms with Crippen molar-refractivity contribution in [3.8, 4) is 0 Å². The highest BCUT2D eigenvalue weighted by atomic mass is 16.5. The molecule has 1 fully saturated rings. The van der Waals surface area contributed by atoms with E-state index in [0.717, 1.165) is 25.7 Å². The topological polar surface area (TPSA) is 21.3 Å². The highest BCUT2D eigenvalue weighted by Crippen LogP contribution is 2.29. The quantitative estimate of drug-likeness (QED) is 0.782. The van der Waals surface area contributed by atoms with E-state index in [-0.39, 0.29) is 0 Å². The molecule has 2 nitrogen and oxygen atoms in total. The number of nitrogens with one attached hydrogen (secondary N) is 1. The normalized spacial score (nSPS) is 17.1. The summed E-state index contributed by atoms with van der Waals surface area (Å²) in [6, 6.07) is 8.80. The Balaban J connectivity index is 1.87. The second-order valence-electron chi connectivity index (χ2n) is 5.15. The Labute approximate surface area is 104 Å². The van der Waals surface area contributed by atoms with Gasteiger partial charge in [0, 0.05) is 19.1 Å². The lowest BCUT2D eigenvalue weighted by Crippen LogP contribution is -2.22. The zero-order valence-corrected chi connectivity index (χ0v) is 10.9. The largest absolute Gasteiger partial charge is 0.380 e. The van der Waals surface area contributed by atoms with Gasteiger partial charge in [-0.05, 0) is 38.3 Å². The fraction of sp³-hybridized carbons (Fsp3) is 0.600. The molecule has 17 heavy (non-hydrogen) atoms. The Hall–Kier alpha value is -0.860. The molecule has 0 heterocycles. The Bertz CT molecular complexity index is 329. The molecule has 2 rings (SSSR count). The van der Waals surface area contributed by atoms with Crippen molar-refractivity contribution in [1.82, 2.24) is 5.32 Å². The predicted molar refractivity (Wildman–Crippen MR) is 71.4 cm³/mol. The molecule has 1 aromatic carbocycles. The number of ether oxygens (including phenoxy) is 1. The van der Waals surface area contributed by atoms with Gasteiger partial charge in [0.05, 0.1) is 6.61 Å². The maximum Gasteiger partial charge on any atom is 0.0547 e. The average molecular weight is 233 g/mol. The van der Waals surface area contributed by atoms with E-state index in [2.05, 4.69) is 36.5 Å². The molecule has 0 radical (unpaired) electrons. The van der Waals surface area contributed by atoms with Crippen LogP contribution < -0.4 is 5.32 Å². The summed E-state index contributed by atoms with van der Waals surface area (Å²) in [7, 11) is 2.00. The van der Waals surface area contributed by atoms with E-state index in [1.54, 1.807) is 0 Å². The first-order valence-electron chi connectivity index (χ1n) is 6.58. The fourth-order valence-corrected chi connectivity index (χ4v) is 2.02. The van der Waals surface area contributed by atoms with E-state index in [4.69, 9.17) is 4.74 Å². The molecule has 0 spiro atoms. The molecule has 1 unspecified atom stereocenters. The van der Waals surface area contributed by atoms with Crippen LogP contribution >= 0.6 is 0 Å². The van der Waals surface area contributed by atoms with Crippen molar-refractivity contribution in [3.05, 3.63) is 35.4 Å². The lowest BCUT2D eigenvalue weighted by atomic mass is 9.99. The van der Waals surface area contributed by atoms with Gasteiger partial charge in [0.25, 0.3) is 0 Å². The van der Waals surface area contributed by atoms with Crippen LogP contribution in [0.4, 0.5) is 0 Å². The molecule has 0 bridgehead atoms. The molecule has 1 N–H and O–H groups in total. The van der Waals surface area contributed by atoms with Crippen LogP contribution in [0.25, 0.3) is 0 Å². The molecule has 1 atom stereocenters. The van der Waals surface area contributed by atoms with Gasteiger partial charge in [-0.25, -0.2) is 0 Å². The van der Waals surface area contributed by atoms with Crippen LogP contribution in [0.3, 0.4) is 0 Å². The fourth-order valence-electron chi connectivity index (χ4n) is 2.02. The summed E-state index contributed by atoms with van der Waals surface area (Å²) in [5, 5.41) is 3.25. The minimum atomic E-state index is 0.472. The molecule has 1 saturated carbocycles. The SMILES string of the molecule is CNCC(COCC1CC1)c1ccc(C)cc1. The molecule has 1 aliphatic carbocycles. The summed E-state index contributed by atoms with van der Waals surface area (Å²) in [6.45, 7) is 4.89. The zero-order chi connectivity index (χ0) is 12.1. The molecular formula is C15H23NO. The van der Waals surface area contributed by atoms with Gasteiger partial charge >= 0.3 is 0 Å². The highest BCUT2D eigenvalue weighted by Gasteiger charge is 2.22. The van der Waals surface area contributed by atoms with Gasteiger partial charge in [0.1, 0.15) is 0 Å². The van der Waals surface area contributed by atoms with Gasteiger partial charge in [-0.1, -0.05) is 29.8 Å². The van der Waals surface area contributed by atoms with Crippen molar-refractivity contribution in [2.45, 2.75) is 25.7 Å². The molecule has 0 aliphatic heterocycles. The van der Waals surface area contributed by atoms with E-state index in [1.165, 1.54) is 24.0 Å². The minimum Gasteiger partial charge on any atom is -0.380 e. The number of rotatable bonds is 7. The maximum atomic E-state index is 5.82. The van der Waals surface area contributed by atoms with E-state index in [9.17, 15) is 0 Å². The van der Waals surface area contributed by atoms with Crippen molar-refractivity contribution < 1.29 is 4.74 Å². The summed E-state index contributed by atoms with van der Waals surface area (Å²) in [6.07, 6.45) is 2.72. The maximum absolute atomic E-state index is 5.82. The zero-order valence-electron chi connectivity index (χ0n) is 10.9. The lowest BCUT2D eigenvalue weighted by Gasteiger charge is -2.17. The van der Waals surface area contributed by atoms with Crippen molar-refractivity contribution in [2.75, 3.05) is 26.8 Å². The summed E-state index contributed by atoms with van der Waals surface area (Å²) in [5.41, 5.74) is 2.69. The van der Waals surface area contributed by atoms with Crippen LogP contribution in [-0.4, -0.2) is 26.8 Å². The Kier molecular flexibility index (Phi) is 4.57. The number of hydrogen-bond acceptors (Lipinski definition) is 2. The number of aryl methyl sites for hydroxylation is 1. The highest BCUT2D eigenvalue weighted by molar-refractivity contribution is 5.24. The van der Waals surface area contributed by atoms with Gasteiger partial charge in [-0.3, -0.25) is 0 Å². The van der Waals surface area contributed by atoms with Gasteiger partial charge in [-0.2, -0.15) is 0 Å². The Morgan fingerprint density at radius 3 is 2.59 bits per heavy atom. The second kappa shape index (κ2) is 6.18. The molecule has 0 saturated heterocycles. The standard InChI is InChI=1S/C15H23NO/c1-12-3-7-14(8-4-12)15(9-16-2)11-17-10-13-5-6-13/h3-4,7-8,13,15-16H,5-6,9-11H2,1-2H3. The van der Waals surface area contributed by atoms with Crippen LogP contribution in [0.15, 0.2) is 24.3 Å². The van der Waals surface area contributed by atoms with Crippen molar-refractivity contribution in [2.24, 2.45) is 5.92 Å². The summed E-state index contributed by atoms with van der Waals surface area (Å²) < 4.78 is 5.82. The number of hydrogen-bond donors (Lipinski definition) is 1. The van der Waals surface area contributed by atoms with E-state index in [1.807, 2.05) is 7.05 Å². The predicted octanol–water partition coefficient (Wildman–Crippen LogP) is 2.72. The van der Waals surface area contributed by atoms with Gasteiger partial charge in [0.15, 0.2) is 0 Å². The Morgan fingerprint density at radius 1 is 1.29 bits per heavy atom. The van der Waals surface area contributed by atoms with Gasteiger partial charge < -0.3 is 10.1 Å². The van der Waals surface area contributed by atoms with Crippen LogP contribution in [0, 0.1) is 12.8 Å². The molecule has 0 aromatic heterocycles. The molecule has 1 aliphatic rings. The number of likely N-dealkylation sites (N-methyl/N-ethyl adjacent to an activating group) is 1. The van der Waals surface area contributed by atoms with Gasteiger partial charge in [0.2, 0.25) is 0 Å². The van der Waals surface area contributed by atoms with Crippen molar-refractivity contribution in [1.29, 1.82) is 0 Å². The first-order valence-corrected chi connectivity index (χ1v) is 6.58. The molecule has 1 aromatic rings. The summed E-state index contributed by atoms with van der Waals surface area (Å²) in [4.78, 5) is 0. The summed E-state index contributed by atoms with van der Waals surface area (Å²) in [5.74, 6) is 1.32. The van der Waals surface area contributed by atoms with E-state index in [0.29, 0.717) is 5.92 Å². The monoisotopic (exact) mass is 233 g/mol. The van der Waals surface area contributed by atoms with Crippen LogP contribution in [0.1, 0.15) is 29.9 Å². The van der Waals surface area contributed by atoms with Crippen LogP contribution in [-0.2, 0) is 4.74 Å². The molecule has 2 heteroatoms. The van der Waals surface area contributed by atoms with Crippen LogP contribution in [0.2, 0.25) is 0 Å². The Morgan fingerprint density at radius 2 is 2.00 bits per heavy atom. The van der Waals surface area contributed by atoms with E-state index >= 15 is 0 Å². The third kappa shape index (κ3) is 4.14. The molecule has 0 amide bonds. The third-order valence-corrected chi connectivity index (χ3v) is 3.37. The lowest BCUT2D eigenvalue weighted by molar-refractivity contribution is 0.111. The second-order valence-corrected chi connectivity index (χ2v) is 5.15. The summed E-state index contributed by atoms with van der Waals surface area (Å²) >= 11 is 0. The van der Waals surface area contributed by atoms with Crippen molar-refractivity contribution in [3.63, 3.8) is 0 Å². The first kappa shape index (κ1) is 12.6. The van der Waals surface area contributed by atoms with Gasteiger partial charge in [-0.15, -0.1) is 0 Å². The van der Waals surface area contributed by atoms with Crippen molar-refractivity contribution >= 4 is 0 Å². The first-order chi connectivity index (χ1) is 8.29. The van der Waals surface area contributed by atoms with Crippen LogP contribution in [0.5, 0.6) is 0 Å².